The van der Waals surface area contributed by atoms with E-state index in [0.29, 0.717) is 10.6 Å². The maximum Gasteiger partial charge on any atom is 0.130 e. The molecule has 0 atom stereocenters. The van der Waals surface area contributed by atoms with E-state index in [9.17, 15) is 0 Å². The highest BCUT2D eigenvalue weighted by Crippen LogP contribution is 2.38. The predicted octanol–water partition coefficient (Wildman–Crippen LogP) is 4.05. The molecule has 1 saturated carbocycles. The van der Waals surface area contributed by atoms with Crippen molar-refractivity contribution < 1.29 is 0 Å². The fourth-order valence-electron chi connectivity index (χ4n) is 1.84. The lowest BCUT2D eigenvalue weighted by atomic mass is 10.2. The average Bonchev–Trinajstić information content (AvgIpc) is 3.01. The van der Waals surface area contributed by atoms with Crippen LogP contribution in [0.15, 0.2) is 17.5 Å². The summed E-state index contributed by atoms with van der Waals surface area (Å²) in [4.78, 5) is 9.14. The molecule has 16 heavy (non-hydrogen) atoms. The zero-order valence-electron chi connectivity index (χ0n) is 8.99. The molecule has 1 fully saturated rings. The Labute approximate surface area is 103 Å². The van der Waals surface area contributed by atoms with E-state index in [0.717, 1.165) is 11.5 Å². The third kappa shape index (κ3) is 1.83. The van der Waals surface area contributed by atoms with Gasteiger partial charge in [0.05, 0.1) is 5.69 Å². The number of aromatic amines is 1. The Morgan fingerprint density at radius 2 is 2.31 bits per heavy atom. The monoisotopic (exact) mass is 248 g/mol. The summed E-state index contributed by atoms with van der Waals surface area (Å²) in [5.41, 5.74) is 2.36. The van der Waals surface area contributed by atoms with Crippen LogP contribution in [-0.4, -0.2) is 9.97 Å². The van der Waals surface area contributed by atoms with Gasteiger partial charge in [-0.15, -0.1) is 11.3 Å². The second-order valence-corrected chi connectivity index (χ2v) is 5.72. The third-order valence-corrected chi connectivity index (χ3v) is 3.93. The molecule has 0 unspecified atom stereocenters. The molecular weight excluding hydrogens is 236 g/mol. The quantitative estimate of drug-likeness (QED) is 0.812. The van der Waals surface area contributed by atoms with E-state index < -0.39 is 0 Å². The SMILES string of the molecule is Cc1sccc1-c1cc(=S)nc(C2CC2)[nH]1. The van der Waals surface area contributed by atoms with E-state index >= 15 is 0 Å². The maximum absolute atomic E-state index is 5.22. The summed E-state index contributed by atoms with van der Waals surface area (Å²) >= 11 is 6.98. The van der Waals surface area contributed by atoms with Crippen molar-refractivity contribution in [2.45, 2.75) is 25.7 Å². The highest BCUT2D eigenvalue weighted by molar-refractivity contribution is 7.71. The summed E-state index contributed by atoms with van der Waals surface area (Å²) < 4.78 is 0.696. The lowest BCUT2D eigenvalue weighted by Crippen LogP contribution is -1.95. The third-order valence-electron chi connectivity index (χ3n) is 2.87. The van der Waals surface area contributed by atoms with Gasteiger partial charge in [-0.25, -0.2) is 4.98 Å². The standard InChI is InChI=1S/C12H12N2S2/c1-7-9(4-5-16-7)10-6-11(15)14-12(13-10)8-2-3-8/h4-6,8H,2-3H2,1H3,(H,13,14,15). The first kappa shape index (κ1) is 10.2. The van der Waals surface area contributed by atoms with Crippen LogP contribution >= 0.6 is 23.6 Å². The van der Waals surface area contributed by atoms with Gasteiger partial charge in [0.15, 0.2) is 0 Å². The van der Waals surface area contributed by atoms with Crippen molar-refractivity contribution in [3.05, 3.63) is 32.9 Å². The minimum Gasteiger partial charge on any atom is -0.343 e. The first-order valence-corrected chi connectivity index (χ1v) is 6.68. The summed E-state index contributed by atoms with van der Waals surface area (Å²) in [6.45, 7) is 2.13. The Morgan fingerprint density at radius 3 is 2.94 bits per heavy atom. The van der Waals surface area contributed by atoms with Crippen LogP contribution in [0.5, 0.6) is 0 Å². The van der Waals surface area contributed by atoms with E-state index in [1.807, 2.05) is 6.07 Å². The summed E-state index contributed by atoms with van der Waals surface area (Å²) in [6.07, 6.45) is 2.48. The predicted molar refractivity (Wildman–Crippen MR) is 69.4 cm³/mol. The van der Waals surface area contributed by atoms with E-state index in [1.54, 1.807) is 11.3 Å². The largest absolute Gasteiger partial charge is 0.343 e. The molecular formula is C12H12N2S2. The highest BCUT2D eigenvalue weighted by Gasteiger charge is 2.26. The molecule has 0 amide bonds. The van der Waals surface area contributed by atoms with Crippen LogP contribution in [0.1, 0.15) is 29.5 Å². The number of hydrogen-bond acceptors (Lipinski definition) is 3. The van der Waals surface area contributed by atoms with Crippen molar-refractivity contribution in [1.29, 1.82) is 0 Å². The van der Waals surface area contributed by atoms with Gasteiger partial charge in [0, 0.05) is 16.4 Å². The van der Waals surface area contributed by atoms with Gasteiger partial charge in [0.1, 0.15) is 10.5 Å². The molecule has 0 spiro atoms. The molecule has 2 aromatic heterocycles. The number of aromatic nitrogens is 2. The molecule has 2 heterocycles. The highest BCUT2D eigenvalue weighted by atomic mass is 32.1. The van der Waals surface area contributed by atoms with Gasteiger partial charge >= 0.3 is 0 Å². The van der Waals surface area contributed by atoms with Crippen LogP contribution in [-0.2, 0) is 0 Å². The number of nitrogens with one attached hydrogen (secondary N) is 1. The van der Waals surface area contributed by atoms with Crippen LogP contribution in [0.2, 0.25) is 0 Å². The molecule has 3 rings (SSSR count). The Hall–Kier alpha value is -1.00. The molecule has 1 aliphatic rings. The Balaban J connectivity index is 2.13. The molecule has 0 bridgehead atoms. The summed E-state index contributed by atoms with van der Waals surface area (Å²) in [7, 11) is 0. The second-order valence-electron chi connectivity index (χ2n) is 4.18. The molecule has 0 radical (unpaired) electrons. The Morgan fingerprint density at radius 1 is 1.50 bits per heavy atom. The van der Waals surface area contributed by atoms with Crippen molar-refractivity contribution in [2.75, 3.05) is 0 Å². The van der Waals surface area contributed by atoms with Gasteiger partial charge < -0.3 is 4.98 Å². The number of thiophene rings is 1. The van der Waals surface area contributed by atoms with Crippen LogP contribution in [0.3, 0.4) is 0 Å². The second kappa shape index (κ2) is 3.79. The molecule has 1 N–H and O–H groups in total. The van der Waals surface area contributed by atoms with Crippen LogP contribution in [0.4, 0.5) is 0 Å². The molecule has 1 aliphatic carbocycles. The minimum atomic E-state index is 0.612. The van der Waals surface area contributed by atoms with E-state index in [4.69, 9.17) is 12.2 Å². The zero-order valence-corrected chi connectivity index (χ0v) is 10.6. The van der Waals surface area contributed by atoms with E-state index in [-0.39, 0.29) is 0 Å². The lowest BCUT2D eigenvalue weighted by Gasteiger charge is -2.04. The van der Waals surface area contributed by atoms with Crippen molar-refractivity contribution in [3.8, 4) is 11.3 Å². The van der Waals surface area contributed by atoms with Crippen molar-refractivity contribution in [3.63, 3.8) is 0 Å². The lowest BCUT2D eigenvalue weighted by molar-refractivity contribution is 0.924. The average molecular weight is 248 g/mol. The normalized spacial score (nSPS) is 15.3. The topological polar surface area (TPSA) is 28.7 Å². The zero-order chi connectivity index (χ0) is 11.1. The van der Waals surface area contributed by atoms with Crippen LogP contribution in [0.25, 0.3) is 11.3 Å². The van der Waals surface area contributed by atoms with Crippen molar-refractivity contribution in [2.24, 2.45) is 0 Å². The number of rotatable bonds is 2. The molecule has 82 valence electrons. The smallest absolute Gasteiger partial charge is 0.130 e. The molecule has 0 aromatic carbocycles. The molecule has 0 saturated heterocycles. The summed E-state index contributed by atoms with van der Waals surface area (Å²) in [5, 5.41) is 2.11. The van der Waals surface area contributed by atoms with Gasteiger partial charge in [-0.2, -0.15) is 0 Å². The first-order chi connectivity index (χ1) is 7.74. The van der Waals surface area contributed by atoms with Crippen molar-refractivity contribution in [1.82, 2.24) is 9.97 Å². The Bertz CT molecular complexity index is 579. The molecule has 4 heteroatoms. The fourth-order valence-corrected chi connectivity index (χ4v) is 2.77. The van der Waals surface area contributed by atoms with Crippen LogP contribution < -0.4 is 0 Å². The number of aryl methyl sites for hydroxylation is 1. The molecule has 2 aromatic rings. The maximum atomic E-state index is 5.22. The number of nitrogens with zero attached hydrogens (tertiary/aromatic N) is 1. The van der Waals surface area contributed by atoms with Crippen LogP contribution in [0, 0.1) is 11.6 Å². The van der Waals surface area contributed by atoms with Gasteiger partial charge in [-0.3, -0.25) is 0 Å². The molecule has 2 nitrogen and oxygen atoms in total. The van der Waals surface area contributed by atoms with E-state index in [1.165, 1.54) is 23.3 Å². The first-order valence-electron chi connectivity index (χ1n) is 5.40. The van der Waals surface area contributed by atoms with Gasteiger partial charge in [-0.1, -0.05) is 12.2 Å². The van der Waals surface area contributed by atoms with Gasteiger partial charge in [0.2, 0.25) is 0 Å². The summed E-state index contributed by atoms with van der Waals surface area (Å²) in [5.74, 6) is 1.67. The number of H-pyrrole nitrogens is 1. The number of hydrogen-bond donors (Lipinski definition) is 1. The van der Waals surface area contributed by atoms with Crippen molar-refractivity contribution >= 4 is 23.6 Å². The van der Waals surface area contributed by atoms with Gasteiger partial charge in [0.25, 0.3) is 0 Å². The fraction of sp³-hybridized carbons (Fsp3) is 0.333. The van der Waals surface area contributed by atoms with E-state index in [2.05, 4.69) is 28.3 Å². The molecule has 0 aliphatic heterocycles. The Kier molecular flexibility index (Phi) is 2.41. The summed E-state index contributed by atoms with van der Waals surface area (Å²) in [6, 6.07) is 4.09. The minimum absolute atomic E-state index is 0.612. The van der Waals surface area contributed by atoms with Gasteiger partial charge in [-0.05, 0) is 37.3 Å².